The van der Waals surface area contributed by atoms with E-state index in [-0.39, 0.29) is 22.3 Å². The number of nitro groups is 1. The molecule has 1 heterocycles. The number of benzene rings is 3. The number of nitrogens with one attached hydrogen (secondary N) is 2. The summed E-state index contributed by atoms with van der Waals surface area (Å²) in [6.07, 6.45) is 1.98. The first-order valence-corrected chi connectivity index (χ1v) is 12.3. The van der Waals surface area contributed by atoms with Gasteiger partial charge in [-0.25, -0.2) is 0 Å². The molecule has 0 spiro atoms. The number of aryl methyl sites for hydroxylation is 1. The minimum absolute atomic E-state index is 0.0299. The molecule has 36 heavy (non-hydrogen) atoms. The Balaban J connectivity index is 1.54. The number of carbonyl (C=O) groups excluding carboxylic acids is 1. The fourth-order valence-corrected chi connectivity index (χ4v) is 5.04. The third-order valence-electron chi connectivity index (χ3n) is 6.90. The zero-order valence-corrected chi connectivity index (χ0v) is 20.4. The average Bonchev–Trinajstić information content (AvgIpc) is 3.05. The zero-order chi connectivity index (χ0) is 25.2. The Morgan fingerprint density at radius 3 is 2.44 bits per heavy atom. The van der Waals surface area contributed by atoms with Crippen LogP contribution in [0.15, 0.2) is 78.0 Å². The molecule has 0 amide bonds. The molecule has 2 aliphatic rings. The molecule has 0 saturated carbocycles. The van der Waals surface area contributed by atoms with Crippen molar-refractivity contribution in [1.29, 1.82) is 0 Å². The van der Waals surface area contributed by atoms with E-state index < -0.39 is 6.04 Å². The molecule has 0 bridgehead atoms. The fourth-order valence-electron chi connectivity index (χ4n) is 5.04. The van der Waals surface area contributed by atoms with Gasteiger partial charge in [0.05, 0.1) is 28.9 Å². The molecule has 2 N–H and O–H groups in total. The first-order chi connectivity index (χ1) is 17.4. The number of allylic oxidation sites excluding steroid dienone is 1. The van der Waals surface area contributed by atoms with Crippen molar-refractivity contribution in [1.82, 2.24) is 0 Å². The first-order valence-electron chi connectivity index (χ1n) is 12.3. The van der Waals surface area contributed by atoms with Gasteiger partial charge >= 0.3 is 0 Å². The number of hydrogen-bond donors (Lipinski definition) is 2. The number of Topliss-reactive ketones (excluding diaryl/α,β-unsaturated/α-hetero) is 1. The Bertz CT molecular complexity index is 1350. The molecule has 7 heteroatoms. The number of ketones is 1. The summed E-state index contributed by atoms with van der Waals surface area (Å²) in [5.74, 6) is 0.894. The largest absolute Gasteiger partial charge is 0.494 e. The Labute approximate surface area is 210 Å². The lowest BCUT2D eigenvalue weighted by Crippen LogP contribution is -2.27. The van der Waals surface area contributed by atoms with E-state index in [4.69, 9.17) is 4.74 Å². The van der Waals surface area contributed by atoms with E-state index in [1.165, 1.54) is 0 Å². The second-order valence-electron chi connectivity index (χ2n) is 9.39. The van der Waals surface area contributed by atoms with Gasteiger partial charge in [0.25, 0.3) is 5.69 Å². The van der Waals surface area contributed by atoms with Crippen LogP contribution in [0.1, 0.15) is 54.8 Å². The number of carbonyl (C=O) groups is 1. The van der Waals surface area contributed by atoms with Crippen molar-refractivity contribution in [3.05, 3.63) is 105 Å². The van der Waals surface area contributed by atoms with Gasteiger partial charge in [-0.15, -0.1) is 0 Å². The van der Waals surface area contributed by atoms with Gasteiger partial charge in [0.2, 0.25) is 0 Å². The van der Waals surface area contributed by atoms with Crippen molar-refractivity contribution in [2.24, 2.45) is 0 Å². The molecule has 2 unspecified atom stereocenters. The number of para-hydroxylation sites is 2. The second kappa shape index (κ2) is 9.85. The Morgan fingerprint density at radius 1 is 1.00 bits per heavy atom. The monoisotopic (exact) mass is 483 g/mol. The molecule has 0 aromatic heterocycles. The van der Waals surface area contributed by atoms with Gasteiger partial charge in [0.15, 0.2) is 5.78 Å². The number of fused-ring (bicyclic) bond motifs is 1. The van der Waals surface area contributed by atoms with Crippen molar-refractivity contribution in [2.45, 2.75) is 45.1 Å². The number of rotatable bonds is 6. The van der Waals surface area contributed by atoms with Crippen LogP contribution < -0.4 is 15.4 Å². The molecular formula is C29H29N3O4. The molecule has 5 rings (SSSR count). The first kappa shape index (κ1) is 23.6. The van der Waals surface area contributed by atoms with Crippen molar-refractivity contribution in [2.75, 3.05) is 17.2 Å². The maximum atomic E-state index is 13.7. The Kier molecular flexibility index (Phi) is 6.46. The van der Waals surface area contributed by atoms with Gasteiger partial charge in [-0.3, -0.25) is 14.9 Å². The smallest absolute Gasteiger partial charge is 0.272 e. The van der Waals surface area contributed by atoms with Crippen LogP contribution in [-0.2, 0) is 4.79 Å². The highest BCUT2D eigenvalue weighted by atomic mass is 16.6. The third kappa shape index (κ3) is 4.56. The lowest BCUT2D eigenvalue weighted by molar-refractivity contribution is -0.385. The molecule has 3 aromatic rings. The molecule has 7 nitrogen and oxygen atoms in total. The van der Waals surface area contributed by atoms with E-state index in [1.807, 2.05) is 54.6 Å². The number of nitro benzene ring substituents is 1. The highest BCUT2D eigenvalue weighted by molar-refractivity contribution is 6.01. The predicted octanol–water partition coefficient (Wildman–Crippen LogP) is 6.67. The summed E-state index contributed by atoms with van der Waals surface area (Å²) in [7, 11) is 0. The normalized spacial score (nSPS) is 18.9. The van der Waals surface area contributed by atoms with E-state index in [1.54, 1.807) is 19.1 Å². The van der Waals surface area contributed by atoms with Crippen LogP contribution in [0.4, 0.5) is 17.1 Å². The highest BCUT2D eigenvalue weighted by Crippen LogP contribution is 2.44. The van der Waals surface area contributed by atoms with Crippen molar-refractivity contribution >= 4 is 22.8 Å². The summed E-state index contributed by atoms with van der Waals surface area (Å²) in [6, 6.07) is 20.5. The van der Waals surface area contributed by atoms with Crippen molar-refractivity contribution in [3.8, 4) is 5.75 Å². The van der Waals surface area contributed by atoms with E-state index in [0.29, 0.717) is 36.1 Å². The number of ether oxygens (including phenoxy) is 1. The Morgan fingerprint density at radius 2 is 1.72 bits per heavy atom. The topological polar surface area (TPSA) is 93.5 Å². The molecule has 1 aliphatic carbocycles. The van der Waals surface area contributed by atoms with E-state index in [0.717, 1.165) is 34.8 Å². The Hall–Kier alpha value is -4.13. The highest BCUT2D eigenvalue weighted by Gasteiger charge is 2.36. The average molecular weight is 484 g/mol. The van der Waals surface area contributed by atoms with Gasteiger partial charge in [-0.1, -0.05) is 43.3 Å². The van der Waals surface area contributed by atoms with Gasteiger partial charge in [-0.2, -0.15) is 0 Å². The summed E-state index contributed by atoms with van der Waals surface area (Å²) >= 11 is 0. The molecule has 184 valence electrons. The van der Waals surface area contributed by atoms with E-state index >= 15 is 0 Å². The van der Waals surface area contributed by atoms with Crippen molar-refractivity contribution < 1.29 is 14.5 Å². The van der Waals surface area contributed by atoms with Crippen LogP contribution in [0, 0.1) is 17.0 Å². The van der Waals surface area contributed by atoms with E-state index in [2.05, 4.69) is 17.6 Å². The minimum Gasteiger partial charge on any atom is -0.494 e. The van der Waals surface area contributed by atoms with Crippen LogP contribution in [0.25, 0.3) is 0 Å². The van der Waals surface area contributed by atoms with Crippen molar-refractivity contribution in [3.63, 3.8) is 0 Å². The predicted molar refractivity (Wildman–Crippen MR) is 140 cm³/mol. The summed E-state index contributed by atoms with van der Waals surface area (Å²) in [5.41, 5.74) is 5.65. The SMILES string of the molecule is CCCOc1ccc(C2CC(=O)C3=C(C2)Nc2ccccc2NC3c2ccc(C)c([N+](=O)[O-])c2)cc1. The number of anilines is 2. The molecule has 3 aromatic carbocycles. The summed E-state index contributed by atoms with van der Waals surface area (Å²) < 4.78 is 5.71. The van der Waals surface area contributed by atoms with Crippen LogP contribution in [-0.4, -0.2) is 17.3 Å². The van der Waals surface area contributed by atoms with Crippen LogP contribution in [0.5, 0.6) is 5.75 Å². The van der Waals surface area contributed by atoms with Gasteiger partial charge in [0, 0.05) is 29.3 Å². The number of nitrogens with zero attached hydrogens (tertiary/aromatic N) is 1. The summed E-state index contributed by atoms with van der Waals surface area (Å²) in [4.78, 5) is 25.0. The molecule has 2 atom stereocenters. The minimum atomic E-state index is -0.492. The lowest BCUT2D eigenvalue weighted by Gasteiger charge is -2.30. The van der Waals surface area contributed by atoms with Crippen LogP contribution in [0.3, 0.4) is 0 Å². The van der Waals surface area contributed by atoms with Gasteiger partial charge in [-0.05, 0) is 61.1 Å². The maximum Gasteiger partial charge on any atom is 0.272 e. The second-order valence-corrected chi connectivity index (χ2v) is 9.39. The van der Waals surface area contributed by atoms with E-state index in [9.17, 15) is 14.9 Å². The third-order valence-corrected chi connectivity index (χ3v) is 6.90. The molecule has 1 aliphatic heterocycles. The van der Waals surface area contributed by atoms with Gasteiger partial charge in [0.1, 0.15) is 5.75 Å². The standard InChI is InChI=1S/C29H29N3O4/c1-3-14-36-22-12-10-19(11-13-22)21-15-25-28(27(33)17-21)29(31-24-7-5-4-6-23(24)30-25)20-9-8-18(2)26(16-20)32(34)35/h4-13,16,21,29-31H,3,14-15,17H2,1-2H3. The quantitative estimate of drug-likeness (QED) is 0.300. The van der Waals surface area contributed by atoms with Crippen LogP contribution >= 0.6 is 0 Å². The van der Waals surface area contributed by atoms with Crippen LogP contribution in [0.2, 0.25) is 0 Å². The molecule has 0 fully saturated rings. The molecule has 0 radical (unpaired) electrons. The lowest BCUT2D eigenvalue weighted by atomic mass is 9.78. The summed E-state index contributed by atoms with van der Waals surface area (Å²) in [6.45, 7) is 4.47. The maximum absolute atomic E-state index is 13.7. The molecule has 0 saturated heterocycles. The van der Waals surface area contributed by atoms with Gasteiger partial charge < -0.3 is 15.4 Å². The zero-order valence-electron chi connectivity index (χ0n) is 20.4. The fraction of sp³-hybridized carbons (Fsp3) is 0.276. The molecular weight excluding hydrogens is 454 g/mol. The summed E-state index contributed by atoms with van der Waals surface area (Å²) in [5, 5.41) is 18.6. The number of hydrogen-bond acceptors (Lipinski definition) is 6.